The molecule has 1 rings (SSSR count). The average Bonchev–Trinajstić information content (AvgIpc) is 2.38. The molecule has 1 aromatic carbocycles. The zero-order valence-corrected chi connectivity index (χ0v) is 11.4. The zero-order valence-electron chi connectivity index (χ0n) is 11.4. The van der Waals surface area contributed by atoms with Crippen molar-refractivity contribution in [3.63, 3.8) is 0 Å². The minimum absolute atomic E-state index is 0.0293. The molecule has 2 N–H and O–H groups in total. The van der Waals surface area contributed by atoms with Gasteiger partial charge in [0.05, 0.1) is 0 Å². The Kier molecular flexibility index (Phi) is 7.11. The standard InChI is InChI=1S/C15H24N2O/c1-3-4-10-15(14-8-6-5-7-9-14)17-12-11-16-13(2)18/h5-9,15,17H,3-4,10-12H2,1-2H3,(H,16,18). The molecule has 18 heavy (non-hydrogen) atoms. The molecule has 1 amide bonds. The summed E-state index contributed by atoms with van der Waals surface area (Å²) in [6.07, 6.45) is 3.56. The van der Waals surface area contributed by atoms with Crippen LogP contribution < -0.4 is 10.6 Å². The van der Waals surface area contributed by atoms with E-state index in [4.69, 9.17) is 0 Å². The van der Waals surface area contributed by atoms with Crippen molar-refractivity contribution in [1.82, 2.24) is 10.6 Å². The van der Waals surface area contributed by atoms with Crippen LogP contribution in [-0.4, -0.2) is 19.0 Å². The largest absolute Gasteiger partial charge is 0.355 e. The van der Waals surface area contributed by atoms with Gasteiger partial charge in [0, 0.05) is 26.1 Å². The van der Waals surface area contributed by atoms with Gasteiger partial charge < -0.3 is 10.6 Å². The number of hydrogen-bond acceptors (Lipinski definition) is 2. The maximum Gasteiger partial charge on any atom is 0.216 e. The topological polar surface area (TPSA) is 41.1 Å². The van der Waals surface area contributed by atoms with E-state index in [1.807, 2.05) is 6.07 Å². The fourth-order valence-corrected chi connectivity index (χ4v) is 1.97. The Bertz CT molecular complexity index is 338. The lowest BCUT2D eigenvalue weighted by Crippen LogP contribution is -2.32. The number of amides is 1. The zero-order chi connectivity index (χ0) is 13.2. The van der Waals surface area contributed by atoms with Crippen molar-refractivity contribution >= 4 is 5.91 Å². The van der Waals surface area contributed by atoms with Crippen LogP contribution in [0.2, 0.25) is 0 Å². The highest BCUT2D eigenvalue weighted by Crippen LogP contribution is 2.18. The molecule has 0 fully saturated rings. The number of nitrogens with one attached hydrogen (secondary N) is 2. The van der Waals surface area contributed by atoms with Crippen LogP contribution in [0.4, 0.5) is 0 Å². The minimum Gasteiger partial charge on any atom is -0.355 e. The van der Waals surface area contributed by atoms with Crippen molar-refractivity contribution in [1.29, 1.82) is 0 Å². The summed E-state index contributed by atoms with van der Waals surface area (Å²) in [6, 6.07) is 10.9. The fourth-order valence-electron chi connectivity index (χ4n) is 1.97. The van der Waals surface area contributed by atoms with Crippen molar-refractivity contribution in [2.45, 2.75) is 39.2 Å². The summed E-state index contributed by atoms with van der Waals surface area (Å²) < 4.78 is 0. The maximum atomic E-state index is 10.8. The van der Waals surface area contributed by atoms with Gasteiger partial charge in [-0.2, -0.15) is 0 Å². The van der Waals surface area contributed by atoms with Gasteiger partial charge in [-0.05, 0) is 12.0 Å². The van der Waals surface area contributed by atoms with Gasteiger partial charge in [0.2, 0.25) is 5.91 Å². The summed E-state index contributed by atoms with van der Waals surface area (Å²) in [4.78, 5) is 10.8. The van der Waals surface area contributed by atoms with Crippen molar-refractivity contribution in [3.8, 4) is 0 Å². The maximum absolute atomic E-state index is 10.8. The molecule has 0 aliphatic heterocycles. The van der Waals surface area contributed by atoms with Gasteiger partial charge >= 0.3 is 0 Å². The molecule has 0 aromatic heterocycles. The molecule has 0 saturated heterocycles. The summed E-state index contributed by atoms with van der Waals surface area (Å²) >= 11 is 0. The van der Waals surface area contributed by atoms with E-state index >= 15 is 0 Å². The predicted octanol–water partition coefficient (Wildman–Crippen LogP) is 2.64. The van der Waals surface area contributed by atoms with Crippen LogP contribution in [0.5, 0.6) is 0 Å². The molecule has 0 spiro atoms. The van der Waals surface area contributed by atoms with Crippen molar-refractivity contribution in [2.75, 3.05) is 13.1 Å². The molecule has 100 valence electrons. The molecule has 0 bridgehead atoms. The first-order valence-corrected chi connectivity index (χ1v) is 6.76. The third-order valence-electron chi connectivity index (χ3n) is 2.94. The number of unbranched alkanes of at least 4 members (excludes halogenated alkanes) is 1. The third-order valence-corrected chi connectivity index (χ3v) is 2.94. The molecule has 0 aliphatic rings. The first-order valence-electron chi connectivity index (χ1n) is 6.76. The second kappa shape index (κ2) is 8.70. The smallest absolute Gasteiger partial charge is 0.216 e. The SMILES string of the molecule is CCCCC(NCCNC(C)=O)c1ccccc1. The quantitative estimate of drug-likeness (QED) is 0.694. The highest BCUT2D eigenvalue weighted by atomic mass is 16.1. The molecule has 0 aliphatic carbocycles. The van der Waals surface area contributed by atoms with E-state index in [0.717, 1.165) is 13.0 Å². The van der Waals surface area contributed by atoms with Gasteiger partial charge in [0.15, 0.2) is 0 Å². The van der Waals surface area contributed by atoms with Gasteiger partial charge in [-0.3, -0.25) is 4.79 Å². The summed E-state index contributed by atoms with van der Waals surface area (Å²) in [5, 5.41) is 6.32. The van der Waals surface area contributed by atoms with E-state index in [-0.39, 0.29) is 5.91 Å². The Morgan fingerprint density at radius 1 is 1.22 bits per heavy atom. The van der Waals surface area contributed by atoms with Gasteiger partial charge in [-0.15, -0.1) is 0 Å². The van der Waals surface area contributed by atoms with Crippen molar-refractivity contribution in [3.05, 3.63) is 35.9 Å². The molecule has 0 heterocycles. The molecule has 3 nitrogen and oxygen atoms in total. The predicted molar refractivity (Wildman–Crippen MR) is 75.4 cm³/mol. The van der Waals surface area contributed by atoms with Crippen LogP contribution in [-0.2, 0) is 4.79 Å². The molecule has 1 aromatic rings. The van der Waals surface area contributed by atoms with Crippen LogP contribution in [0.15, 0.2) is 30.3 Å². The molecule has 1 unspecified atom stereocenters. The van der Waals surface area contributed by atoms with Crippen LogP contribution >= 0.6 is 0 Å². The van der Waals surface area contributed by atoms with Crippen LogP contribution in [0.3, 0.4) is 0 Å². The second-order valence-electron chi connectivity index (χ2n) is 4.54. The summed E-state index contributed by atoms with van der Waals surface area (Å²) in [5.41, 5.74) is 1.33. The molecule has 0 radical (unpaired) electrons. The van der Waals surface area contributed by atoms with E-state index in [9.17, 15) is 4.79 Å². The summed E-state index contributed by atoms with van der Waals surface area (Å²) in [5.74, 6) is 0.0293. The van der Waals surface area contributed by atoms with E-state index in [0.29, 0.717) is 12.6 Å². The Balaban J connectivity index is 2.43. The summed E-state index contributed by atoms with van der Waals surface area (Å²) in [6.45, 7) is 5.25. The Labute approximate surface area is 110 Å². The first kappa shape index (κ1) is 14.7. The lowest BCUT2D eigenvalue weighted by molar-refractivity contribution is -0.118. The average molecular weight is 248 g/mol. The van der Waals surface area contributed by atoms with E-state index in [1.54, 1.807) is 6.92 Å². The minimum atomic E-state index is 0.0293. The van der Waals surface area contributed by atoms with E-state index in [2.05, 4.69) is 41.8 Å². The highest BCUT2D eigenvalue weighted by Gasteiger charge is 2.09. The third kappa shape index (κ3) is 5.82. The number of carbonyl (C=O) groups excluding carboxylic acids is 1. The second-order valence-corrected chi connectivity index (χ2v) is 4.54. The van der Waals surface area contributed by atoms with Gasteiger partial charge in [0.25, 0.3) is 0 Å². The monoisotopic (exact) mass is 248 g/mol. The van der Waals surface area contributed by atoms with Crippen molar-refractivity contribution in [2.24, 2.45) is 0 Å². The van der Waals surface area contributed by atoms with Gasteiger partial charge in [-0.25, -0.2) is 0 Å². The Morgan fingerprint density at radius 3 is 2.56 bits per heavy atom. The van der Waals surface area contributed by atoms with Crippen molar-refractivity contribution < 1.29 is 4.79 Å². The molecular formula is C15H24N2O. The molecule has 0 saturated carbocycles. The normalized spacial score (nSPS) is 12.1. The fraction of sp³-hybridized carbons (Fsp3) is 0.533. The van der Waals surface area contributed by atoms with E-state index < -0.39 is 0 Å². The molecular weight excluding hydrogens is 224 g/mol. The lowest BCUT2D eigenvalue weighted by atomic mass is 10.0. The summed E-state index contributed by atoms with van der Waals surface area (Å²) in [7, 11) is 0. The van der Waals surface area contributed by atoms with Crippen LogP contribution in [0.25, 0.3) is 0 Å². The number of hydrogen-bond donors (Lipinski definition) is 2. The number of rotatable bonds is 8. The van der Waals surface area contributed by atoms with Crippen LogP contribution in [0, 0.1) is 0 Å². The van der Waals surface area contributed by atoms with Gasteiger partial charge in [-0.1, -0.05) is 50.1 Å². The first-order chi connectivity index (χ1) is 8.74. The number of benzene rings is 1. The molecule has 1 atom stereocenters. The molecule has 3 heteroatoms. The van der Waals surface area contributed by atoms with Gasteiger partial charge in [0.1, 0.15) is 0 Å². The number of carbonyl (C=O) groups is 1. The highest BCUT2D eigenvalue weighted by molar-refractivity contribution is 5.72. The van der Waals surface area contributed by atoms with Crippen LogP contribution in [0.1, 0.15) is 44.7 Å². The Hall–Kier alpha value is -1.35. The lowest BCUT2D eigenvalue weighted by Gasteiger charge is -2.19. The Morgan fingerprint density at radius 2 is 1.94 bits per heavy atom. The van der Waals surface area contributed by atoms with E-state index in [1.165, 1.54) is 18.4 Å².